The van der Waals surface area contributed by atoms with Crippen molar-refractivity contribution in [2.24, 2.45) is 11.8 Å². The minimum Gasteiger partial charge on any atom is -0.483 e. The summed E-state index contributed by atoms with van der Waals surface area (Å²) in [6, 6.07) is 8.72. The van der Waals surface area contributed by atoms with Crippen molar-refractivity contribution in [2.45, 2.75) is 46.3 Å². The van der Waals surface area contributed by atoms with Crippen LogP contribution in [-0.2, 0) is 11.3 Å². The lowest BCUT2D eigenvalue weighted by Gasteiger charge is -2.18. The van der Waals surface area contributed by atoms with E-state index in [-0.39, 0.29) is 12.5 Å². The normalized spacial score (nSPS) is 22.9. The van der Waals surface area contributed by atoms with E-state index in [1.54, 1.807) is 0 Å². The lowest BCUT2D eigenvalue weighted by molar-refractivity contribution is -0.123. The van der Waals surface area contributed by atoms with Crippen LogP contribution in [0.15, 0.2) is 30.5 Å². The average Bonchev–Trinajstić information content (AvgIpc) is 3.15. The molecule has 3 N–H and O–H groups in total. The van der Waals surface area contributed by atoms with Crippen LogP contribution in [0.3, 0.4) is 0 Å². The van der Waals surface area contributed by atoms with Gasteiger partial charge in [-0.2, -0.15) is 0 Å². The van der Waals surface area contributed by atoms with Gasteiger partial charge < -0.3 is 14.6 Å². The fourth-order valence-electron chi connectivity index (χ4n) is 3.56. The molecule has 1 aliphatic rings. The summed E-state index contributed by atoms with van der Waals surface area (Å²) in [5, 5.41) is 4.03. The fraction of sp³-hybridized carbons (Fsp3) is 0.550. The molecule has 2 unspecified atom stereocenters. The molecule has 6 heteroatoms. The van der Waals surface area contributed by atoms with Gasteiger partial charge in [0.2, 0.25) is 0 Å². The molecule has 2 heterocycles. The number of benzene rings is 1. The largest absolute Gasteiger partial charge is 0.483 e. The molecule has 1 amide bonds. The molecular weight excluding hydrogens is 328 g/mol. The second-order valence-corrected chi connectivity index (χ2v) is 7.67. The molecule has 0 aliphatic carbocycles. The minimum absolute atomic E-state index is 0.0326. The van der Waals surface area contributed by atoms with E-state index in [0.717, 1.165) is 23.2 Å². The summed E-state index contributed by atoms with van der Waals surface area (Å²) in [6.45, 7) is 10.3. The Morgan fingerprint density at radius 1 is 1.23 bits per heavy atom. The summed E-state index contributed by atoms with van der Waals surface area (Å²) in [7, 11) is 0. The van der Waals surface area contributed by atoms with E-state index in [1.165, 1.54) is 0 Å². The SMILES string of the molecule is CC(C)Cn1ccc2c(OCC(=O)NCC3C(C)NNC3C)cccc21. The van der Waals surface area contributed by atoms with E-state index in [4.69, 9.17) is 4.74 Å². The summed E-state index contributed by atoms with van der Waals surface area (Å²) in [5.74, 6) is 1.61. The van der Waals surface area contributed by atoms with Gasteiger partial charge in [0.15, 0.2) is 6.61 Å². The molecule has 0 saturated carbocycles. The number of hydrazine groups is 1. The molecular formula is C20H30N4O2. The molecule has 1 fully saturated rings. The Balaban J connectivity index is 1.57. The molecule has 1 saturated heterocycles. The van der Waals surface area contributed by atoms with Crippen LogP contribution in [0.25, 0.3) is 10.9 Å². The lowest BCUT2D eigenvalue weighted by Crippen LogP contribution is -2.39. The average molecular weight is 358 g/mol. The molecule has 0 bridgehead atoms. The van der Waals surface area contributed by atoms with E-state index >= 15 is 0 Å². The number of ether oxygens (including phenoxy) is 1. The van der Waals surface area contributed by atoms with Crippen LogP contribution in [0.5, 0.6) is 5.75 Å². The first-order valence-corrected chi connectivity index (χ1v) is 9.44. The first kappa shape index (κ1) is 18.7. The van der Waals surface area contributed by atoms with E-state index in [9.17, 15) is 4.79 Å². The predicted octanol–water partition coefficient (Wildman–Crippen LogP) is 2.29. The second kappa shape index (κ2) is 8.10. The number of amides is 1. The molecule has 26 heavy (non-hydrogen) atoms. The van der Waals surface area contributed by atoms with Crippen molar-refractivity contribution in [2.75, 3.05) is 13.2 Å². The maximum absolute atomic E-state index is 12.2. The van der Waals surface area contributed by atoms with Crippen molar-refractivity contribution in [3.8, 4) is 5.75 Å². The number of hydrogen-bond donors (Lipinski definition) is 3. The monoisotopic (exact) mass is 358 g/mol. The quantitative estimate of drug-likeness (QED) is 0.710. The highest BCUT2D eigenvalue weighted by Crippen LogP contribution is 2.27. The zero-order chi connectivity index (χ0) is 18.7. The molecule has 3 rings (SSSR count). The van der Waals surface area contributed by atoms with Gasteiger partial charge in [-0.1, -0.05) is 19.9 Å². The molecule has 2 atom stereocenters. The van der Waals surface area contributed by atoms with E-state index in [0.29, 0.717) is 30.5 Å². The fourth-order valence-corrected chi connectivity index (χ4v) is 3.56. The van der Waals surface area contributed by atoms with Crippen LogP contribution in [0.2, 0.25) is 0 Å². The lowest BCUT2D eigenvalue weighted by atomic mass is 9.97. The molecule has 0 radical (unpaired) electrons. The number of carbonyl (C=O) groups is 1. The van der Waals surface area contributed by atoms with E-state index in [1.807, 2.05) is 12.1 Å². The highest BCUT2D eigenvalue weighted by Gasteiger charge is 2.29. The zero-order valence-corrected chi connectivity index (χ0v) is 16.1. The first-order valence-electron chi connectivity index (χ1n) is 9.44. The van der Waals surface area contributed by atoms with Crippen molar-refractivity contribution >= 4 is 16.8 Å². The Morgan fingerprint density at radius 2 is 1.96 bits per heavy atom. The highest BCUT2D eigenvalue weighted by atomic mass is 16.5. The van der Waals surface area contributed by atoms with Gasteiger partial charge in [0.1, 0.15) is 5.75 Å². The summed E-state index contributed by atoms with van der Waals surface area (Å²) in [4.78, 5) is 12.2. The number of carbonyl (C=O) groups excluding carboxylic acids is 1. The zero-order valence-electron chi connectivity index (χ0n) is 16.1. The van der Waals surface area contributed by atoms with Crippen molar-refractivity contribution in [1.82, 2.24) is 20.7 Å². The minimum atomic E-state index is -0.0880. The molecule has 0 spiro atoms. The Bertz CT molecular complexity index is 745. The van der Waals surface area contributed by atoms with Gasteiger partial charge in [-0.15, -0.1) is 0 Å². The first-order chi connectivity index (χ1) is 12.5. The Kier molecular flexibility index (Phi) is 5.84. The molecule has 6 nitrogen and oxygen atoms in total. The third-order valence-electron chi connectivity index (χ3n) is 5.05. The van der Waals surface area contributed by atoms with Crippen molar-refractivity contribution in [3.05, 3.63) is 30.5 Å². The van der Waals surface area contributed by atoms with Gasteiger partial charge in [-0.3, -0.25) is 15.6 Å². The van der Waals surface area contributed by atoms with Crippen LogP contribution >= 0.6 is 0 Å². The summed E-state index contributed by atoms with van der Waals surface area (Å²) >= 11 is 0. The van der Waals surface area contributed by atoms with Gasteiger partial charge in [-0.05, 0) is 38.0 Å². The van der Waals surface area contributed by atoms with Crippen LogP contribution in [-0.4, -0.2) is 35.7 Å². The van der Waals surface area contributed by atoms with Crippen molar-refractivity contribution in [3.63, 3.8) is 0 Å². The van der Waals surface area contributed by atoms with Gasteiger partial charge in [0, 0.05) is 42.7 Å². The van der Waals surface area contributed by atoms with Crippen LogP contribution in [0, 0.1) is 11.8 Å². The number of rotatable bonds is 7. The summed E-state index contributed by atoms with van der Waals surface area (Å²) in [6.07, 6.45) is 2.08. The van der Waals surface area contributed by atoms with Crippen LogP contribution < -0.4 is 20.9 Å². The number of nitrogens with zero attached hydrogens (tertiary/aromatic N) is 1. The second-order valence-electron chi connectivity index (χ2n) is 7.67. The number of fused-ring (bicyclic) bond motifs is 1. The Hall–Kier alpha value is -2.05. The topological polar surface area (TPSA) is 67.3 Å². The van der Waals surface area contributed by atoms with Gasteiger partial charge >= 0.3 is 0 Å². The number of aromatic nitrogens is 1. The standard InChI is InChI=1S/C20H30N4O2/c1-13(2)11-24-9-8-16-18(24)6-5-7-19(16)26-12-20(25)21-10-17-14(3)22-23-15(17)4/h5-9,13-15,17,22-23H,10-12H2,1-4H3,(H,21,25). The Morgan fingerprint density at radius 3 is 2.65 bits per heavy atom. The van der Waals surface area contributed by atoms with E-state index < -0.39 is 0 Å². The van der Waals surface area contributed by atoms with Crippen molar-refractivity contribution in [1.29, 1.82) is 0 Å². The molecule has 1 aromatic heterocycles. The smallest absolute Gasteiger partial charge is 0.257 e. The Labute approximate surface area is 155 Å². The number of hydrogen-bond acceptors (Lipinski definition) is 4. The summed E-state index contributed by atoms with van der Waals surface area (Å²) in [5.41, 5.74) is 7.54. The maximum atomic E-state index is 12.2. The van der Waals surface area contributed by atoms with E-state index in [2.05, 4.69) is 66.8 Å². The van der Waals surface area contributed by atoms with Gasteiger partial charge in [0.05, 0.1) is 5.52 Å². The van der Waals surface area contributed by atoms with Crippen molar-refractivity contribution < 1.29 is 9.53 Å². The molecule has 142 valence electrons. The maximum Gasteiger partial charge on any atom is 0.257 e. The van der Waals surface area contributed by atoms with Crippen LogP contribution in [0.4, 0.5) is 0 Å². The molecule has 1 aliphatic heterocycles. The van der Waals surface area contributed by atoms with Gasteiger partial charge in [-0.25, -0.2) is 0 Å². The third kappa shape index (κ3) is 4.19. The van der Waals surface area contributed by atoms with Gasteiger partial charge in [0.25, 0.3) is 5.91 Å². The predicted molar refractivity (Wildman–Crippen MR) is 104 cm³/mol. The van der Waals surface area contributed by atoms with Crippen LogP contribution in [0.1, 0.15) is 27.7 Å². The third-order valence-corrected chi connectivity index (χ3v) is 5.05. The number of nitrogens with one attached hydrogen (secondary N) is 3. The summed E-state index contributed by atoms with van der Waals surface area (Å²) < 4.78 is 8.04. The molecule has 1 aromatic carbocycles. The molecule has 2 aromatic rings. The highest BCUT2D eigenvalue weighted by molar-refractivity contribution is 5.87.